The molecule has 0 unspecified atom stereocenters. The number of carbonyl (C=O) groups is 1. The van der Waals surface area contributed by atoms with E-state index in [-0.39, 0.29) is 9.92 Å². The highest BCUT2D eigenvalue weighted by Crippen LogP contribution is 2.37. The van der Waals surface area contributed by atoms with Gasteiger partial charge in [0.15, 0.2) is 0 Å². The molecule has 0 saturated heterocycles. The van der Waals surface area contributed by atoms with Crippen LogP contribution in [0.15, 0.2) is 53.4 Å². The molecule has 0 aliphatic rings. The van der Waals surface area contributed by atoms with Crippen LogP contribution in [0.2, 0.25) is 5.02 Å². The van der Waals surface area contributed by atoms with E-state index in [1.54, 1.807) is 6.07 Å². The summed E-state index contributed by atoms with van der Waals surface area (Å²) in [5.41, 5.74) is -1.50. The largest absolute Gasteiger partial charge is 0.416 e. The van der Waals surface area contributed by atoms with Crippen molar-refractivity contribution in [3.8, 4) is 0 Å². The third kappa shape index (κ3) is 6.12. The van der Waals surface area contributed by atoms with E-state index in [9.17, 15) is 26.4 Å². The van der Waals surface area contributed by atoms with E-state index >= 15 is 0 Å². The highest BCUT2D eigenvalue weighted by Gasteiger charge is 2.34. The third-order valence-corrected chi connectivity index (χ3v) is 6.30. The maximum atomic E-state index is 13.2. The van der Waals surface area contributed by atoms with Gasteiger partial charge in [-0.25, -0.2) is 8.42 Å². The van der Waals surface area contributed by atoms with E-state index in [0.29, 0.717) is 29.3 Å². The minimum Gasteiger partial charge on any atom is -0.355 e. The molecule has 164 valence electrons. The molecule has 1 N–H and O–H groups in total. The number of nitrogens with one attached hydrogen (secondary N) is 1. The number of nitrogens with zero attached hydrogens (tertiary/aromatic N) is 1. The van der Waals surface area contributed by atoms with Crippen LogP contribution in [0.25, 0.3) is 0 Å². The van der Waals surface area contributed by atoms with Crippen LogP contribution in [0.4, 0.5) is 18.9 Å². The van der Waals surface area contributed by atoms with Gasteiger partial charge in [0.2, 0.25) is 5.91 Å². The minimum atomic E-state index is -4.71. The maximum Gasteiger partial charge on any atom is 0.416 e. The summed E-state index contributed by atoms with van der Waals surface area (Å²) >= 11 is 6.06. The van der Waals surface area contributed by atoms with Gasteiger partial charge in [-0.1, -0.05) is 43.6 Å². The fourth-order valence-corrected chi connectivity index (χ4v) is 4.31. The lowest BCUT2D eigenvalue weighted by molar-refractivity contribution is -0.137. The zero-order chi connectivity index (χ0) is 22.5. The van der Waals surface area contributed by atoms with Crippen LogP contribution >= 0.6 is 11.6 Å². The Morgan fingerprint density at radius 3 is 2.33 bits per heavy atom. The standard InChI is InChI=1S/C20H22ClF3N2O3S/c1-14(2)10-11-25-19(27)13-26(30(28,29)16-6-4-3-5-7-16)18-12-15(20(22,23)24)8-9-17(18)21/h3-9,12,14H,10-11,13H2,1-2H3,(H,25,27). The van der Waals surface area contributed by atoms with E-state index in [1.165, 1.54) is 24.3 Å². The average Bonchev–Trinajstić information content (AvgIpc) is 2.66. The second-order valence-corrected chi connectivity index (χ2v) is 9.29. The monoisotopic (exact) mass is 462 g/mol. The average molecular weight is 463 g/mol. The summed E-state index contributed by atoms with van der Waals surface area (Å²) < 4.78 is 66.5. The minimum absolute atomic E-state index is 0.173. The van der Waals surface area contributed by atoms with E-state index in [1.807, 2.05) is 13.8 Å². The summed E-state index contributed by atoms with van der Waals surface area (Å²) in [7, 11) is -4.35. The van der Waals surface area contributed by atoms with Gasteiger partial charge in [-0.3, -0.25) is 9.10 Å². The molecule has 0 aromatic heterocycles. The first-order valence-electron chi connectivity index (χ1n) is 9.14. The number of anilines is 1. The quantitative estimate of drug-likeness (QED) is 0.617. The van der Waals surface area contributed by atoms with Crippen molar-refractivity contribution in [1.82, 2.24) is 5.32 Å². The van der Waals surface area contributed by atoms with Crippen LogP contribution in [0.1, 0.15) is 25.8 Å². The Morgan fingerprint density at radius 1 is 1.13 bits per heavy atom. The summed E-state index contributed by atoms with van der Waals surface area (Å²) in [4.78, 5) is 12.2. The van der Waals surface area contributed by atoms with Gasteiger partial charge in [0.25, 0.3) is 10.0 Å². The summed E-state index contributed by atoms with van der Waals surface area (Å²) in [6.45, 7) is 3.52. The SMILES string of the molecule is CC(C)CCNC(=O)CN(c1cc(C(F)(F)F)ccc1Cl)S(=O)(=O)c1ccccc1. The van der Waals surface area contributed by atoms with Crippen molar-refractivity contribution in [2.45, 2.75) is 31.3 Å². The van der Waals surface area contributed by atoms with E-state index in [0.717, 1.165) is 12.1 Å². The number of rotatable bonds is 8. The van der Waals surface area contributed by atoms with Gasteiger partial charge in [0.1, 0.15) is 6.54 Å². The summed E-state index contributed by atoms with van der Waals surface area (Å²) in [6.07, 6.45) is -4.04. The molecule has 5 nitrogen and oxygen atoms in total. The zero-order valence-corrected chi connectivity index (χ0v) is 18.0. The number of sulfonamides is 1. The van der Waals surface area contributed by atoms with Crippen LogP contribution in [-0.4, -0.2) is 27.4 Å². The number of hydrogen-bond acceptors (Lipinski definition) is 3. The molecule has 0 fully saturated rings. The molecule has 0 heterocycles. The number of alkyl halides is 3. The molecule has 0 bridgehead atoms. The number of hydrogen-bond donors (Lipinski definition) is 1. The van der Waals surface area contributed by atoms with E-state index in [4.69, 9.17) is 11.6 Å². The second kappa shape index (κ2) is 9.70. The van der Waals surface area contributed by atoms with Crippen molar-refractivity contribution in [3.63, 3.8) is 0 Å². The first kappa shape index (κ1) is 24.0. The lowest BCUT2D eigenvalue weighted by atomic mass is 10.1. The van der Waals surface area contributed by atoms with Crippen LogP contribution < -0.4 is 9.62 Å². The first-order chi connectivity index (χ1) is 13.9. The number of carbonyl (C=O) groups excluding carboxylic acids is 1. The van der Waals surface area contributed by atoms with Crippen LogP contribution in [-0.2, 0) is 21.0 Å². The topological polar surface area (TPSA) is 66.5 Å². The molecular weight excluding hydrogens is 441 g/mol. The number of benzene rings is 2. The predicted molar refractivity (Wildman–Crippen MR) is 110 cm³/mol. The Bertz CT molecular complexity index is 981. The second-order valence-electron chi connectivity index (χ2n) is 7.02. The van der Waals surface area contributed by atoms with Gasteiger partial charge in [-0.05, 0) is 42.7 Å². The Morgan fingerprint density at radius 2 is 1.77 bits per heavy atom. The smallest absolute Gasteiger partial charge is 0.355 e. The van der Waals surface area contributed by atoms with Crippen molar-refractivity contribution in [2.75, 3.05) is 17.4 Å². The normalized spacial score (nSPS) is 12.1. The molecule has 10 heteroatoms. The van der Waals surface area contributed by atoms with Gasteiger partial charge in [-0.2, -0.15) is 13.2 Å². The van der Waals surface area contributed by atoms with Crippen molar-refractivity contribution in [2.24, 2.45) is 5.92 Å². The summed E-state index contributed by atoms with van der Waals surface area (Å²) in [5, 5.41) is 2.37. The molecule has 2 aromatic rings. The molecule has 2 rings (SSSR count). The van der Waals surface area contributed by atoms with E-state index in [2.05, 4.69) is 5.32 Å². The lowest BCUT2D eigenvalue weighted by Gasteiger charge is -2.26. The molecule has 0 aliphatic heterocycles. The maximum absolute atomic E-state index is 13.2. The fraction of sp³-hybridized carbons (Fsp3) is 0.350. The van der Waals surface area contributed by atoms with Gasteiger partial charge in [0.05, 0.1) is 21.2 Å². The van der Waals surface area contributed by atoms with Crippen molar-refractivity contribution in [1.29, 1.82) is 0 Å². The van der Waals surface area contributed by atoms with Gasteiger partial charge in [-0.15, -0.1) is 0 Å². The first-order valence-corrected chi connectivity index (χ1v) is 11.0. The molecular formula is C20H22ClF3N2O3S. The Kier molecular flexibility index (Phi) is 7.76. The molecule has 2 aromatic carbocycles. The van der Waals surface area contributed by atoms with Crippen molar-refractivity contribution in [3.05, 3.63) is 59.1 Å². The molecule has 0 atom stereocenters. The zero-order valence-electron chi connectivity index (χ0n) is 16.4. The molecule has 0 radical (unpaired) electrons. The van der Waals surface area contributed by atoms with Crippen LogP contribution in [0, 0.1) is 5.92 Å². The van der Waals surface area contributed by atoms with E-state index < -0.39 is 39.9 Å². The highest BCUT2D eigenvalue weighted by atomic mass is 35.5. The Hall–Kier alpha value is -2.26. The van der Waals surface area contributed by atoms with Crippen LogP contribution in [0.5, 0.6) is 0 Å². The lowest BCUT2D eigenvalue weighted by Crippen LogP contribution is -2.41. The molecule has 30 heavy (non-hydrogen) atoms. The van der Waals surface area contributed by atoms with Crippen LogP contribution in [0.3, 0.4) is 0 Å². The Balaban J connectivity index is 2.48. The number of halogens is 4. The third-order valence-electron chi connectivity index (χ3n) is 4.20. The fourth-order valence-electron chi connectivity index (χ4n) is 2.59. The molecule has 0 aliphatic carbocycles. The van der Waals surface area contributed by atoms with Gasteiger partial charge >= 0.3 is 6.18 Å². The highest BCUT2D eigenvalue weighted by molar-refractivity contribution is 7.92. The van der Waals surface area contributed by atoms with Crippen molar-refractivity contribution >= 4 is 33.2 Å². The summed E-state index contributed by atoms with van der Waals surface area (Å²) in [5.74, 6) is -0.337. The summed E-state index contributed by atoms with van der Waals surface area (Å²) in [6, 6.07) is 9.47. The number of amides is 1. The molecule has 1 amide bonds. The van der Waals surface area contributed by atoms with Crippen molar-refractivity contribution < 1.29 is 26.4 Å². The predicted octanol–water partition coefficient (Wildman–Crippen LogP) is 4.72. The Labute approximate surface area is 178 Å². The van der Waals surface area contributed by atoms with Gasteiger partial charge < -0.3 is 5.32 Å². The van der Waals surface area contributed by atoms with Gasteiger partial charge in [0, 0.05) is 6.54 Å². The molecule has 0 saturated carbocycles. The molecule has 0 spiro atoms.